The van der Waals surface area contributed by atoms with Gasteiger partial charge in [0.15, 0.2) is 22.5 Å². The van der Waals surface area contributed by atoms with Crippen molar-refractivity contribution in [1.29, 1.82) is 0 Å². The summed E-state index contributed by atoms with van der Waals surface area (Å²) in [4.78, 5) is 12.6. The van der Waals surface area contributed by atoms with Crippen molar-refractivity contribution in [1.82, 2.24) is 20.2 Å². The van der Waals surface area contributed by atoms with E-state index in [1.807, 2.05) is 84.3 Å². The van der Waals surface area contributed by atoms with Crippen LogP contribution in [0.5, 0.6) is 11.5 Å². The summed E-state index contributed by atoms with van der Waals surface area (Å²) >= 11 is 4.69. The highest BCUT2D eigenvalue weighted by molar-refractivity contribution is 9.10. The second kappa shape index (κ2) is 11.9. The van der Waals surface area contributed by atoms with Gasteiger partial charge in [-0.05, 0) is 55.0 Å². The lowest BCUT2D eigenvalue weighted by Gasteiger charge is -2.12. The maximum atomic E-state index is 12.6. The number of methoxy groups -OCH3 is 2. The highest BCUT2D eigenvalue weighted by Gasteiger charge is 2.18. The molecule has 1 heterocycles. The van der Waals surface area contributed by atoms with Gasteiger partial charge in [0.2, 0.25) is 0 Å². The summed E-state index contributed by atoms with van der Waals surface area (Å²) in [6, 6.07) is 23.0. The van der Waals surface area contributed by atoms with Crippen molar-refractivity contribution < 1.29 is 14.3 Å². The van der Waals surface area contributed by atoms with E-state index < -0.39 is 0 Å². The lowest BCUT2D eigenvalue weighted by Crippen LogP contribution is -2.21. The zero-order chi connectivity index (χ0) is 25.5. The van der Waals surface area contributed by atoms with Crippen LogP contribution in [0.4, 0.5) is 0 Å². The van der Waals surface area contributed by atoms with Gasteiger partial charge in [0, 0.05) is 15.7 Å². The van der Waals surface area contributed by atoms with Crippen molar-refractivity contribution >= 4 is 39.3 Å². The normalized spacial score (nSPS) is 11.3. The molecular formula is C26H24BrN5O3S. The van der Waals surface area contributed by atoms with Gasteiger partial charge in [-0.25, -0.2) is 5.43 Å². The Kier molecular flexibility index (Phi) is 8.40. The van der Waals surface area contributed by atoms with Gasteiger partial charge < -0.3 is 9.47 Å². The van der Waals surface area contributed by atoms with Crippen molar-refractivity contribution in [2.75, 3.05) is 20.0 Å². The molecule has 184 valence electrons. The average Bonchev–Trinajstić information content (AvgIpc) is 3.35. The molecule has 0 saturated heterocycles. The smallest absolute Gasteiger partial charge is 0.250 e. The van der Waals surface area contributed by atoms with E-state index >= 15 is 0 Å². The quantitative estimate of drug-likeness (QED) is 0.167. The Bertz CT molecular complexity index is 1370. The molecule has 3 aromatic carbocycles. The SMILES string of the molecule is COc1ccc(-c2nnc(SCC(=O)N/N=C(\C)c3ccc(Br)cc3)n2-c2ccccc2)cc1OC. The Labute approximate surface area is 221 Å². The number of amides is 1. The Hall–Kier alpha value is -3.63. The Morgan fingerprint density at radius 1 is 1.00 bits per heavy atom. The molecule has 0 fully saturated rings. The van der Waals surface area contributed by atoms with Gasteiger partial charge in [-0.15, -0.1) is 10.2 Å². The molecule has 0 saturated carbocycles. The van der Waals surface area contributed by atoms with Crippen molar-refractivity contribution in [2.45, 2.75) is 12.1 Å². The molecule has 4 aromatic rings. The van der Waals surface area contributed by atoms with Gasteiger partial charge in [0.05, 0.1) is 25.7 Å². The van der Waals surface area contributed by atoms with E-state index in [1.54, 1.807) is 14.2 Å². The minimum absolute atomic E-state index is 0.119. The summed E-state index contributed by atoms with van der Waals surface area (Å²) < 4.78 is 13.7. The first kappa shape index (κ1) is 25.5. The van der Waals surface area contributed by atoms with E-state index in [0.717, 1.165) is 21.3 Å². The van der Waals surface area contributed by atoms with Crippen LogP contribution in [0.3, 0.4) is 0 Å². The molecule has 0 aliphatic carbocycles. The number of hydrogen-bond donors (Lipinski definition) is 1. The molecule has 0 unspecified atom stereocenters. The van der Waals surface area contributed by atoms with E-state index in [1.165, 1.54) is 11.8 Å². The van der Waals surface area contributed by atoms with Gasteiger partial charge in [0.25, 0.3) is 5.91 Å². The monoisotopic (exact) mass is 565 g/mol. The second-order valence-electron chi connectivity index (χ2n) is 7.57. The molecule has 0 radical (unpaired) electrons. The summed E-state index contributed by atoms with van der Waals surface area (Å²) in [6.07, 6.45) is 0. The molecule has 10 heteroatoms. The number of thioether (sulfide) groups is 1. The number of hydrogen-bond acceptors (Lipinski definition) is 7. The lowest BCUT2D eigenvalue weighted by molar-refractivity contribution is -0.118. The zero-order valence-corrected chi connectivity index (χ0v) is 22.3. The summed E-state index contributed by atoms with van der Waals surface area (Å²) in [5.74, 6) is 1.71. The fourth-order valence-electron chi connectivity index (χ4n) is 3.40. The largest absolute Gasteiger partial charge is 0.493 e. The molecular weight excluding hydrogens is 542 g/mol. The van der Waals surface area contributed by atoms with Gasteiger partial charge in [-0.2, -0.15) is 5.10 Å². The van der Waals surface area contributed by atoms with E-state index in [0.29, 0.717) is 28.2 Å². The standard InChI is InChI=1S/C26H24BrN5O3S/c1-17(18-9-12-20(27)13-10-18)28-29-24(33)16-36-26-31-30-25(32(26)21-7-5-4-6-8-21)19-11-14-22(34-2)23(15-19)35-3/h4-15H,16H2,1-3H3,(H,29,33)/b28-17+. The molecule has 0 aliphatic rings. The number of nitrogens with one attached hydrogen (secondary N) is 1. The summed E-state index contributed by atoms with van der Waals surface area (Å²) in [6.45, 7) is 1.85. The summed E-state index contributed by atoms with van der Waals surface area (Å²) in [5, 5.41) is 13.6. The number of ether oxygens (including phenoxy) is 2. The summed E-state index contributed by atoms with van der Waals surface area (Å²) in [7, 11) is 3.18. The van der Waals surface area contributed by atoms with Crippen LogP contribution in [0.25, 0.3) is 17.1 Å². The molecule has 0 bridgehead atoms. The third kappa shape index (κ3) is 5.95. The number of carbonyl (C=O) groups excluding carboxylic acids is 1. The van der Waals surface area contributed by atoms with Crippen molar-refractivity contribution in [2.24, 2.45) is 5.10 Å². The first-order chi connectivity index (χ1) is 17.5. The number of aromatic nitrogens is 3. The topological polar surface area (TPSA) is 90.6 Å². The van der Waals surface area contributed by atoms with Gasteiger partial charge in [-0.1, -0.05) is 58.0 Å². The molecule has 8 nitrogen and oxygen atoms in total. The average molecular weight is 566 g/mol. The Morgan fingerprint density at radius 3 is 2.42 bits per heavy atom. The van der Waals surface area contributed by atoms with Crippen molar-refractivity contribution in [3.8, 4) is 28.6 Å². The fraction of sp³-hybridized carbons (Fsp3) is 0.154. The maximum absolute atomic E-state index is 12.6. The molecule has 4 rings (SSSR count). The van der Waals surface area contributed by atoms with E-state index in [2.05, 4.69) is 36.7 Å². The lowest BCUT2D eigenvalue weighted by atomic mass is 10.1. The fourth-order valence-corrected chi connectivity index (χ4v) is 4.41. The first-order valence-corrected chi connectivity index (χ1v) is 12.7. The van der Waals surface area contributed by atoms with Crippen molar-refractivity contribution in [3.63, 3.8) is 0 Å². The van der Waals surface area contributed by atoms with Crippen LogP contribution in [0.1, 0.15) is 12.5 Å². The van der Waals surface area contributed by atoms with Crippen LogP contribution < -0.4 is 14.9 Å². The third-order valence-electron chi connectivity index (χ3n) is 5.23. The van der Waals surface area contributed by atoms with Crippen LogP contribution in [0.2, 0.25) is 0 Å². The predicted octanol–water partition coefficient (Wildman–Crippen LogP) is 5.35. The van der Waals surface area contributed by atoms with Crippen LogP contribution in [0, 0.1) is 0 Å². The van der Waals surface area contributed by atoms with Crippen LogP contribution >= 0.6 is 27.7 Å². The minimum Gasteiger partial charge on any atom is -0.493 e. The molecule has 1 N–H and O–H groups in total. The molecule has 1 amide bonds. The first-order valence-electron chi connectivity index (χ1n) is 10.9. The third-order valence-corrected chi connectivity index (χ3v) is 6.69. The highest BCUT2D eigenvalue weighted by Crippen LogP contribution is 2.34. The maximum Gasteiger partial charge on any atom is 0.250 e. The van der Waals surface area contributed by atoms with Crippen molar-refractivity contribution in [3.05, 3.63) is 82.8 Å². The number of benzene rings is 3. The number of halogens is 1. The summed E-state index contributed by atoms with van der Waals surface area (Å²) in [5.41, 5.74) is 5.93. The van der Waals surface area contributed by atoms with E-state index in [-0.39, 0.29) is 11.7 Å². The highest BCUT2D eigenvalue weighted by atomic mass is 79.9. The van der Waals surface area contributed by atoms with Gasteiger partial charge in [-0.3, -0.25) is 9.36 Å². The van der Waals surface area contributed by atoms with Crippen LogP contribution in [-0.4, -0.2) is 46.4 Å². The van der Waals surface area contributed by atoms with E-state index in [9.17, 15) is 4.79 Å². The second-order valence-corrected chi connectivity index (χ2v) is 9.43. The number of para-hydroxylation sites is 1. The van der Waals surface area contributed by atoms with Gasteiger partial charge >= 0.3 is 0 Å². The zero-order valence-electron chi connectivity index (χ0n) is 19.9. The number of rotatable bonds is 9. The number of hydrazone groups is 1. The number of nitrogens with zero attached hydrogens (tertiary/aromatic N) is 4. The molecule has 0 spiro atoms. The minimum atomic E-state index is -0.244. The Balaban J connectivity index is 1.55. The van der Waals surface area contributed by atoms with Gasteiger partial charge in [0.1, 0.15) is 0 Å². The number of carbonyl (C=O) groups is 1. The predicted molar refractivity (Wildman–Crippen MR) is 145 cm³/mol. The molecule has 0 atom stereocenters. The molecule has 0 aliphatic heterocycles. The van der Waals surface area contributed by atoms with Crippen LogP contribution in [0.15, 0.2) is 87.5 Å². The molecule has 1 aromatic heterocycles. The van der Waals surface area contributed by atoms with Crippen LogP contribution in [-0.2, 0) is 4.79 Å². The van der Waals surface area contributed by atoms with E-state index in [4.69, 9.17) is 9.47 Å². The molecule has 36 heavy (non-hydrogen) atoms. The Morgan fingerprint density at radius 2 is 1.72 bits per heavy atom.